The summed E-state index contributed by atoms with van der Waals surface area (Å²) in [6, 6.07) is 6.91. The van der Waals surface area contributed by atoms with Gasteiger partial charge in [-0.2, -0.15) is 9.40 Å². The number of aromatic nitrogens is 5. The van der Waals surface area contributed by atoms with Crippen LogP contribution < -0.4 is 5.56 Å². The lowest BCUT2D eigenvalue weighted by Crippen LogP contribution is -2.49. The Morgan fingerprint density at radius 1 is 1.00 bits per heavy atom. The maximum atomic E-state index is 12.7. The number of nitrogens with zero attached hydrogens (tertiary/aromatic N) is 7. The number of pyridine rings is 1. The largest absolute Gasteiger partial charge is 0.339 e. The van der Waals surface area contributed by atoms with E-state index in [0.717, 1.165) is 5.56 Å². The molecule has 0 aliphatic carbocycles. The molecule has 1 saturated heterocycles. The molecule has 1 fully saturated rings. The molecule has 0 amide bonds. The van der Waals surface area contributed by atoms with Crippen LogP contribution in [0.3, 0.4) is 0 Å². The number of piperazine rings is 1. The minimum Gasteiger partial charge on any atom is -0.339 e. The van der Waals surface area contributed by atoms with Crippen molar-refractivity contribution in [2.45, 2.75) is 11.6 Å². The predicted molar refractivity (Wildman–Crippen MR) is 110 cm³/mol. The molecule has 1 aliphatic heterocycles. The fraction of sp³-hybridized carbons (Fsp3) is 0.368. The fourth-order valence-electron chi connectivity index (χ4n) is 3.37. The molecule has 4 rings (SSSR count). The highest BCUT2D eigenvalue weighted by molar-refractivity contribution is 7.89. The molecule has 158 valence electrons. The lowest BCUT2D eigenvalue weighted by molar-refractivity contribution is 0.180. The van der Waals surface area contributed by atoms with Crippen molar-refractivity contribution in [2.75, 3.05) is 32.7 Å². The number of aryl methyl sites for hydroxylation is 1. The van der Waals surface area contributed by atoms with Crippen LogP contribution in [0, 0.1) is 0 Å². The Bertz CT molecular complexity index is 1170. The third-order valence-corrected chi connectivity index (χ3v) is 6.87. The van der Waals surface area contributed by atoms with Crippen LogP contribution in [-0.2, 0) is 23.6 Å². The Labute approximate surface area is 174 Å². The zero-order valence-corrected chi connectivity index (χ0v) is 17.4. The summed E-state index contributed by atoms with van der Waals surface area (Å²) in [6.45, 7) is 3.00. The van der Waals surface area contributed by atoms with E-state index in [-0.39, 0.29) is 10.6 Å². The van der Waals surface area contributed by atoms with Crippen molar-refractivity contribution < 1.29 is 8.42 Å². The van der Waals surface area contributed by atoms with Gasteiger partial charge in [-0.3, -0.25) is 14.7 Å². The van der Waals surface area contributed by atoms with Crippen LogP contribution in [-0.4, -0.2) is 74.7 Å². The van der Waals surface area contributed by atoms with E-state index < -0.39 is 10.0 Å². The molecule has 0 spiro atoms. The van der Waals surface area contributed by atoms with Gasteiger partial charge in [-0.25, -0.2) is 18.1 Å². The van der Waals surface area contributed by atoms with Gasteiger partial charge in [0.25, 0.3) is 15.6 Å². The Morgan fingerprint density at radius 2 is 1.73 bits per heavy atom. The summed E-state index contributed by atoms with van der Waals surface area (Å²) in [6.07, 6.45) is 6.36. The first-order chi connectivity index (χ1) is 14.4. The summed E-state index contributed by atoms with van der Waals surface area (Å²) in [5.74, 6) is 0. The van der Waals surface area contributed by atoms with Gasteiger partial charge in [0.15, 0.2) is 5.03 Å². The lowest BCUT2D eigenvalue weighted by Gasteiger charge is -2.33. The Morgan fingerprint density at radius 3 is 2.40 bits per heavy atom. The van der Waals surface area contributed by atoms with Crippen molar-refractivity contribution in [3.63, 3.8) is 0 Å². The Balaban J connectivity index is 1.37. The van der Waals surface area contributed by atoms with Crippen LogP contribution >= 0.6 is 0 Å². The van der Waals surface area contributed by atoms with E-state index in [1.807, 2.05) is 12.1 Å². The molecule has 11 heteroatoms. The van der Waals surface area contributed by atoms with E-state index in [1.54, 1.807) is 30.1 Å². The molecule has 0 radical (unpaired) electrons. The van der Waals surface area contributed by atoms with Gasteiger partial charge in [-0.05, 0) is 18.2 Å². The van der Waals surface area contributed by atoms with E-state index in [4.69, 9.17) is 0 Å². The summed E-state index contributed by atoms with van der Waals surface area (Å²) >= 11 is 0. The average molecular weight is 430 g/mol. The van der Waals surface area contributed by atoms with Crippen molar-refractivity contribution in [1.29, 1.82) is 0 Å². The SMILES string of the molecule is Cn1cnc(S(=O)(=O)N2CCN(CCn3nc(-c4ccncc4)ccc3=O)CC2)c1. The fourth-order valence-corrected chi connectivity index (χ4v) is 4.76. The molecule has 0 unspecified atom stereocenters. The van der Waals surface area contributed by atoms with Gasteiger partial charge in [0.05, 0.1) is 18.6 Å². The van der Waals surface area contributed by atoms with E-state index in [2.05, 4.69) is 20.0 Å². The van der Waals surface area contributed by atoms with Crippen molar-refractivity contribution in [3.8, 4) is 11.3 Å². The number of imidazole rings is 1. The maximum Gasteiger partial charge on any atom is 0.266 e. The zero-order valence-electron chi connectivity index (χ0n) is 16.6. The number of sulfonamides is 1. The molecular formula is C19H23N7O3S. The van der Waals surface area contributed by atoms with Crippen LogP contribution in [0.2, 0.25) is 0 Å². The molecule has 0 bridgehead atoms. The van der Waals surface area contributed by atoms with Gasteiger partial charge < -0.3 is 4.57 Å². The zero-order chi connectivity index (χ0) is 21.1. The van der Waals surface area contributed by atoms with E-state index in [1.165, 1.54) is 27.6 Å². The smallest absolute Gasteiger partial charge is 0.266 e. The molecule has 10 nitrogen and oxygen atoms in total. The second-order valence-corrected chi connectivity index (χ2v) is 9.02. The number of hydrogen-bond acceptors (Lipinski definition) is 7. The predicted octanol–water partition coefficient (Wildman–Crippen LogP) is 0.0453. The Hall–Kier alpha value is -2.89. The maximum absolute atomic E-state index is 12.7. The minimum atomic E-state index is -3.57. The summed E-state index contributed by atoms with van der Waals surface area (Å²) in [5, 5.41) is 4.53. The van der Waals surface area contributed by atoms with Crippen molar-refractivity contribution >= 4 is 10.0 Å². The van der Waals surface area contributed by atoms with E-state index in [0.29, 0.717) is 45.0 Å². The molecule has 4 heterocycles. The van der Waals surface area contributed by atoms with Gasteiger partial charge in [0, 0.05) is 70.0 Å². The normalized spacial score (nSPS) is 16.0. The quantitative estimate of drug-likeness (QED) is 0.545. The van der Waals surface area contributed by atoms with Crippen LogP contribution in [0.5, 0.6) is 0 Å². The third kappa shape index (κ3) is 4.32. The van der Waals surface area contributed by atoms with Crippen molar-refractivity contribution in [2.24, 2.45) is 7.05 Å². The lowest BCUT2D eigenvalue weighted by atomic mass is 10.2. The van der Waals surface area contributed by atoms with Crippen LogP contribution in [0.1, 0.15) is 0 Å². The highest BCUT2D eigenvalue weighted by Crippen LogP contribution is 2.16. The van der Waals surface area contributed by atoms with Gasteiger partial charge in [-0.15, -0.1) is 0 Å². The van der Waals surface area contributed by atoms with Crippen LogP contribution in [0.4, 0.5) is 0 Å². The molecule has 1 aliphatic rings. The first-order valence-electron chi connectivity index (χ1n) is 9.62. The molecule has 0 saturated carbocycles. The van der Waals surface area contributed by atoms with Gasteiger partial charge in [0.1, 0.15) is 0 Å². The second kappa shape index (κ2) is 8.46. The van der Waals surface area contributed by atoms with Gasteiger partial charge in [-0.1, -0.05) is 0 Å². The monoisotopic (exact) mass is 429 g/mol. The van der Waals surface area contributed by atoms with E-state index in [9.17, 15) is 13.2 Å². The molecular weight excluding hydrogens is 406 g/mol. The Kier molecular flexibility index (Phi) is 5.75. The summed E-state index contributed by atoms with van der Waals surface area (Å²) in [5.41, 5.74) is 1.44. The minimum absolute atomic E-state index is 0.0714. The number of rotatable bonds is 6. The van der Waals surface area contributed by atoms with Crippen molar-refractivity contribution in [3.05, 3.63) is 59.5 Å². The first-order valence-corrected chi connectivity index (χ1v) is 11.1. The van der Waals surface area contributed by atoms with Gasteiger partial charge >= 0.3 is 0 Å². The molecule has 0 aromatic carbocycles. The average Bonchev–Trinajstić information content (AvgIpc) is 3.21. The number of hydrogen-bond donors (Lipinski definition) is 0. The molecule has 3 aromatic heterocycles. The summed E-state index contributed by atoms with van der Waals surface area (Å²) < 4.78 is 29.9. The summed E-state index contributed by atoms with van der Waals surface area (Å²) in [7, 11) is -1.83. The molecule has 0 atom stereocenters. The topological polar surface area (TPSA) is 106 Å². The molecule has 30 heavy (non-hydrogen) atoms. The van der Waals surface area contributed by atoms with E-state index >= 15 is 0 Å². The van der Waals surface area contributed by atoms with Gasteiger partial charge in [0.2, 0.25) is 0 Å². The highest BCUT2D eigenvalue weighted by Gasteiger charge is 2.30. The van der Waals surface area contributed by atoms with Crippen LogP contribution in [0.25, 0.3) is 11.3 Å². The first kappa shape index (κ1) is 20.4. The summed E-state index contributed by atoms with van der Waals surface area (Å²) in [4.78, 5) is 22.3. The second-order valence-electron chi connectivity index (χ2n) is 7.14. The standard InChI is InChI=1S/C19H23N7O3S/c1-23-14-18(21-15-23)30(28,29)25-11-8-24(9-12-25)10-13-26-19(27)3-2-17(22-26)16-4-6-20-7-5-16/h2-7,14-15H,8-13H2,1H3. The van der Waals surface area contributed by atoms with Crippen LogP contribution in [0.15, 0.2) is 59.0 Å². The van der Waals surface area contributed by atoms with Crippen molar-refractivity contribution in [1.82, 2.24) is 33.5 Å². The highest BCUT2D eigenvalue weighted by atomic mass is 32.2. The third-order valence-electron chi connectivity index (χ3n) is 5.09. The molecule has 0 N–H and O–H groups in total. The molecule has 3 aromatic rings.